The molecule has 0 unspecified atom stereocenters. The Morgan fingerprint density at radius 1 is 1.37 bits per heavy atom. The van der Waals surface area contributed by atoms with Crippen molar-refractivity contribution >= 4 is 27.6 Å². The summed E-state index contributed by atoms with van der Waals surface area (Å²) in [7, 11) is 1.57. The van der Waals surface area contributed by atoms with Crippen LogP contribution in [0.2, 0.25) is 0 Å². The molecule has 1 aliphatic carbocycles. The SMILES string of the molecule is COc1ccc(Br)c(C(=O)NC2CCC(=O)CC2)c1. The Morgan fingerprint density at radius 2 is 2.05 bits per heavy atom. The lowest BCUT2D eigenvalue weighted by atomic mass is 9.94. The lowest BCUT2D eigenvalue weighted by Crippen LogP contribution is -2.37. The number of rotatable bonds is 3. The summed E-state index contributed by atoms with van der Waals surface area (Å²) in [6.07, 6.45) is 2.58. The molecule has 0 radical (unpaired) electrons. The number of hydrogen-bond acceptors (Lipinski definition) is 3. The summed E-state index contributed by atoms with van der Waals surface area (Å²) in [5, 5.41) is 2.97. The van der Waals surface area contributed by atoms with E-state index in [1.165, 1.54) is 0 Å². The van der Waals surface area contributed by atoms with E-state index in [0.29, 0.717) is 24.2 Å². The van der Waals surface area contributed by atoms with E-state index in [2.05, 4.69) is 21.2 Å². The van der Waals surface area contributed by atoms with E-state index in [-0.39, 0.29) is 17.7 Å². The fraction of sp³-hybridized carbons (Fsp3) is 0.429. The maximum atomic E-state index is 12.2. The van der Waals surface area contributed by atoms with Gasteiger partial charge in [-0.2, -0.15) is 0 Å². The van der Waals surface area contributed by atoms with Crippen molar-refractivity contribution in [3.05, 3.63) is 28.2 Å². The van der Waals surface area contributed by atoms with Gasteiger partial charge in [-0.15, -0.1) is 0 Å². The van der Waals surface area contributed by atoms with E-state index < -0.39 is 0 Å². The van der Waals surface area contributed by atoms with Crippen LogP contribution in [0.3, 0.4) is 0 Å². The number of amides is 1. The summed E-state index contributed by atoms with van der Waals surface area (Å²) in [5.41, 5.74) is 0.552. The highest BCUT2D eigenvalue weighted by molar-refractivity contribution is 9.10. The zero-order valence-electron chi connectivity index (χ0n) is 10.7. The summed E-state index contributed by atoms with van der Waals surface area (Å²) < 4.78 is 5.85. The van der Waals surface area contributed by atoms with Crippen LogP contribution < -0.4 is 10.1 Å². The molecule has 4 nitrogen and oxygen atoms in total. The second kappa shape index (κ2) is 6.19. The van der Waals surface area contributed by atoms with Crippen molar-refractivity contribution in [2.45, 2.75) is 31.7 Å². The minimum Gasteiger partial charge on any atom is -0.497 e. The minimum atomic E-state index is -0.134. The molecule has 1 amide bonds. The van der Waals surface area contributed by atoms with Gasteiger partial charge in [-0.1, -0.05) is 0 Å². The molecule has 19 heavy (non-hydrogen) atoms. The lowest BCUT2D eigenvalue weighted by Gasteiger charge is -2.22. The average molecular weight is 326 g/mol. The summed E-state index contributed by atoms with van der Waals surface area (Å²) in [6, 6.07) is 5.37. The third kappa shape index (κ3) is 3.56. The molecule has 5 heteroatoms. The van der Waals surface area contributed by atoms with Crippen molar-refractivity contribution in [3.63, 3.8) is 0 Å². The Hall–Kier alpha value is -1.36. The first-order chi connectivity index (χ1) is 9.10. The van der Waals surface area contributed by atoms with Crippen molar-refractivity contribution in [3.8, 4) is 5.75 Å². The van der Waals surface area contributed by atoms with Crippen LogP contribution in [-0.4, -0.2) is 24.8 Å². The second-order valence-corrected chi connectivity index (χ2v) is 5.49. The van der Waals surface area contributed by atoms with Crippen LogP contribution >= 0.6 is 15.9 Å². The Kier molecular flexibility index (Phi) is 4.58. The van der Waals surface area contributed by atoms with Gasteiger partial charge in [0.25, 0.3) is 5.91 Å². The molecular weight excluding hydrogens is 310 g/mol. The molecule has 102 valence electrons. The summed E-state index contributed by atoms with van der Waals surface area (Å²) in [5.74, 6) is 0.797. The largest absolute Gasteiger partial charge is 0.497 e. The Labute approximate surface area is 120 Å². The first-order valence-corrected chi connectivity index (χ1v) is 7.05. The van der Waals surface area contributed by atoms with Crippen molar-refractivity contribution in [1.82, 2.24) is 5.32 Å². The Balaban J connectivity index is 2.05. The predicted molar refractivity (Wildman–Crippen MR) is 75.4 cm³/mol. The van der Waals surface area contributed by atoms with E-state index in [1.54, 1.807) is 25.3 Å². The number of carbonyl (C=O) groups is 2. The number of carbonyl (C=O) groups excluding carboxylic acids is 2. The van der Waals surface area contributed by atoms with Crippen LogP contribution in [0.5, 0.6) is 5.75 Å². The number of ether oxygens (including phenoxy) is 1. The van der Waals surface area contributed by atoms with Crippen molar-refractivity contribution in [1.29, 1.82) is 0 Å². The fourth-order valence-corrected chi connectivity index (χ4v) is 2.58. The molecule has 0 aromatic heterocycles. The smallest absolute Gasteiger partial charge is 0.252 e. The van der Waals surface area contributed by atoms with Crippen molar-refractivity contribution in [2.24, 2.45) is 0 Å². The van der Waals surface area contributed by atoms with Gasteiger partial charge in [-0.25, -0.2) is 0 Å². The van der Waals surface area contributed by atoms with Crippen molar-refractivity contribution < 1.29 is 14.3 Å². The first-order valence-electron chi connectivity index (χ1n) is 6.26. The Bertz CT molecular complexity index is 491. The molecule has 0 atom stereocenters. The number of hydrogen-bond donors (Lipinski definition) is 1. The van der Waals surface area contributed by atoms with E-state index in [4.69, 9.17) is 4.74 Å². The van der Waals surface area contributed by atoms with Gasteiger partial charge in [0.15, 0.2) is 0 Å². The molecular formula is C14H16BrNO3. The molecule has 0 saturated heterocycles. The summed E-state index contributed by atoms with van der Waals surface area (Å²) >= 11 is 3.36. The van der Waals surface area contributed by atoms with E-state index >= 15 is 0 Å². The number of halogens is 1. The molecule has 1 aromatic carbocycles. The molecule has 0 heterocycles. The fourth-order valence-electron chi connectivity index (χ4n) is 2.15. The highest BCUT2D eigenvalue weighted by atomic mass is 79.9. The molecule has 0 spiro atoms. The van der Waals surface area contributed by atoms with Gasteiger partial charge in [-0.05, 0) is 47.0 Å². The van der Waals surface area contributed by atoms with Gasteiger partial charge < -0.3 is 10.1 Å². The zero-order valence-corrected chi connectivity index (χ0v) is 12.3. The van der Waals surface area contributed by atoms with Crippen molar-refractivity contribution in [2.75, 3.05) is 7.11 Å². The van der Waals surface area contributed by atoms with Gasteiger partial charge in [-0.3, -0.25) is 9.59 Å². The molecule has 1 aromatic rings. The molecule has 0 bridgehead atoms. The summed E-state index contributed by atoms with van der Waals surface area (Å²) in [4.78, 5) is 23.4. The predicted octanol–water partition coefficient (Wildman–Crippen LogP) is 2.70. The zero-order chi connectivity index (χ0) is 13.8. The maximum Gasteiger partial charge on any atom is 0.252 e. The number of Topliss-reactive ketones (excluding diaryl/α,β-unsaturated/α-hetero) is 1. The van der Waals surface area contributed by atoms with Gasteiger partial charge in [0.05, 0.1) is 12.7 Å². The average Bonchev–Trinajstić information content (AvgIpc) is 2.42. The molecule has 0 aliphatic heterocycles. The number of nitrogens with one attached hydrogen (secondary N) is 1. The van der Waals surface area contributed by atoms with Gasteiger partial charge >= 0.3 is 0 Å². The van der Waals surface area contributed by atoms with Crippen LogP contribution in [0.25, 0.3) is 0 Å². The topological polar surface area (TPSA) is 55.4 Å². The molecule has 2 rings (SSSR count). The molecule has 1 aliphatic rings. The normalized spacial score (nSPS) is 16.2. The highest BCUT2D eigenvalue weighted by Crippen LogP contribution is 2.23. The Morgan fingerprint density at radius 3 is 2.68 bits per heavy atom. The van der Waals surface area contributed by atoms with Gasteiger partial charge in [0.2, 0.25) is 0 Å². The van der Waals surface area contributed by atoms with Gasteiger partial charge in [0.1, 0.15) is 11.5 Å². The van der Waals surface area contributed by atoms with E-state index in [0.717, 1.165) is 17.3 Å². The monoisotopic (exact) mass is 325 g/mol. The molecule has 1 fully saturated rings. The quantitative estimate of drug-likeness (QED) is 0.929. The van der Waals surface area contributed by atoms with E-state index in [9.17, 15) is 9.59 Å². The third-order valence-corrected chi connectivity index (χ3v) is 3.99. The molecule has 1 saturated carbocycles. The van der Waals surface area contributed by atoms with Crippen LogP contribution in [0.15, 0.2) is 22.7 Å². The first kappa shape index (κ1) is 14.1. The standard InChI is InChI=1S/C14H16BrNO3/c1-19-11-6-7-13(15)12(8-11)14(18)16-9-2-4-10(17)5-3-9/h6-9H,2-5H2,1H3,(H,16,18). The highest BCUT2D eigenvalue weighted by Gasteiger charge is 2.21. The van der Waals surface area contributed by atoms with Crippen LogP contribution in [0, 0.1) is 0 Å². The van der Waals surface area contributed by atoms with E-state index in [1.807, 2.05) is 0 Å². The van der Waals surface area contributed by atoms with Crippen LogP contribution in [-0.2, 0) is 4.79 Å². The third-order valence-electron chi connectivity index (χ3n) is 3.30. The lowest BCUT2D eigenvalue weighted by molar-refractivity contribution is -0.120. The molecule has 1 N–H and O–H groups in total. The number of benzene rings is 1. The maximum absolute atomic E-state index is 12.2. The number of ketones is 1. The minimum absolute atomic E-state index is 0.0864. The van der Waals surface area contributed by atoms with Crippen LogP contribution in [0.1, 0.15) is 36.0 Å². The van der Waals surface area contributed by atoms with Crippen LogP contribution in [0.4, 0.5) is 0 Å². The van der Waals surface area contributed by atoms with Gasteiger partial charge in [0, 0.05) is 23.4 Å². The number of methoxy groups -OCH3 is 1. The summed E-state index contributed by atoms with van der Waals surface area (Å²) in [6.45, 7) is 0. The second-order valence-electron chi connectivity index (χ2n) is 4.63.